The highest BCUT2D eigenvalue weighted by atomic mass is 19.2. The molecule has 3 aromatic carbocycles. The molecule has 0 saturated carbocycles. The van der Waals surface area contributed by atoms with Crippen molar-refractivity contribution < 1.29 is 18.0 Å². The third-order valence-electron chi connectivity index (χ3n) is 5.75. The number of carbonyl (C=O) groups excluding carboxylic acids is 1. The molecule has 0 spiro atoms. The van der Waals surface area contributed by atoms with Crippen LogP contribution in [-0.2, 0) is 6.42 Å². The van der Waals surface area contributed by atoms with Crippen LogP contribution in [0.15, 0.2) is 66.7 Å². The first kappa shape index (κ1) is 20.2. The molecule has 4 rings (SSSR count). The average molecular weight is 409 g/mol. The molecule has 0 N–H and O–H groups in total. The van der Waals surface area contributed by atoms with Crippen LogP contribution >= 0.6 is 0 Å². The fourth-order valence-corrected chi connectivity index (χ4v) is 4.00. The van der Waals surface area contributed by atoms with E-state index in [1.807, 2.05) is 18.2 Å². The van der Waals surface area contributed by atoms with Gasteiger partial charge < -0.3 is 4.90 Å². The summed E-state index contributed by atoms with van der Waals surface area (Å²) < 4.78 is 40.5. The third-order valence-corrected chi connectivity index (χ3v) is 5.75. The first-order valence-corrected chi connectivity index (χ1v) is 10.1. The Morgan fingerprint density at radius 2 is 1.43 bits per heavy atom. The number of likely N-dealkylation sites (tertiary alicyclic amines) is 1. The lowest BCUT2D eigenvalue weighted by Crippen LogP contribution is -2.39. The van der Waals surface area contributed by atoms with Gasteiger partial charge in [0, 0.05) is 13.1 Å². The van der Waals surface area contributed by atoms with Crippen molar-refractivity contribution in [3.63, 3.8) is 0 Å². The molecular weight excluding hydrogens is 387 g/mol. The highest BCUT2D eigenvalue weighted by molar-refractivity contribution is 5.94. The van der Waals surface area contributed by atoms with E-state index in [1.54, 1.807) is 0 Å². The maximum atomic E-state index is 13.9. The van der Waals surface area contributed by atoms with E-state index in [9.17, 15) is 18.0 Å². The van der Waals surface area contributed by atoms with Crippen LogP contribution in [0.4, 0.5) is 13.2 Å². The Morgan fingerprint density at radius 1 is 0.800 bits per heavy atom. The van der Waals surface area contributed by atoms with Gasteiger partial charge in [-0.2, -0.15) is 0 Å². The van der Waals surface area contributed by atoms with E-state index in [0.29, 0.717) is 19.0 Å². The quantitative estimate of drug-likeness (QED) is 0.494. The van der Waals surface area contributed by atoms with Gasteiger partial charge in [0.05, 0.1) is 5.56 Å². The van der Waals surface area contributed by atoms with Crippen LogP contribution in [0.3, 0.4) is 0 Å². The summed E-state index contributed by atoms with van der Waals surface area (Å²) in [5.74, 6) is -4.47. The van der Waals surface area contributed by atoms with Gasteiger partial charge in [0.25, 0.3) is 5.91 Å². The fourth-order valence-electron chi connectivity index (χ4n) is 4.00. The number of benzene rings is 3. The van der Waals surface area contributed by atoms with E-state index in [0.717, 1.165) is 31.4 Å². The first-order chi connectivity index (χ1) is 14.5. The molecule has 1 saturated heterocycles. The van der Waals surface area contributed by atoms with Crippen molar-refractivity contribution in [1.29, 1.82) is 0 Å². The number of hydrogen-bond donors (Lipinski definition) is 0. The molecule has 1 fully saturated rings. The highest BCUT2D eigenvalue weighted by Crippen LogP contribution is 2.26. The molecule has 3 aromatic rings. The standard InChI is InChI=1S/C25H22F3NO/c26-22-11-10-21(23(27)24(22)28)25(30)29-14-12-18(13-15-29)16-17-6-8-20(9-7-17)19-4-2-1-3-5-19/h1-11,18H,12-16H2. The maximum absolute atomic E-state index is 13.9. The summed E-state index contributed by atoms with van der Waals surface area (Å²) in [6, 6.07) is 20.5. The molecule has 0 unspecified atom stereocenters. The first-order valence-electron chi connectivity index (χ1n) is 10.1. The molecule has 1 amide bonds. The maximum Gasteiger partial charge on any atom is 0.256 e. The fraction of sp³-hybridized carbons (Fsp3) is 0.240. The van der Waals surface area contributed by atoms with Crippen molar-refractivity contribution in [2.45, 2.75) is 19.3 Å². The van der Waals surface area contributed by atoms with Crippen molar-refractivity contribution in [3.05, 3.63) is 95.3 Å². The minimum Gasteiger partial charge on any atom is -0.339 e. The van der Waals surface area contributed by atoms with Gasteiger partial charge in [-0.05, 0) is 54.0 Å². The van der Waals surface area contributed by atoms with Gasteiger partial charge in [0.15, 0.2) is 17.5 Å². The van der Waals surface area contributed by atoms with E-state index in [-0.39, 0.29) is 0 Å². The molecule has 0 radical (unpaired) electrons. The van der Waals surface area contributed by atoms with Crippen molar-refractivity contribution in [2.24, 2.45) is 5.92 Å². The van der Waals surface area contributed by atoms with Crippen molar-refractivity contribution in [2.75, 3.05) is 13.1 Å². The van der Waals surface area contributed by atoms with Crippen LogP contribution in [0, 0.1) is 23.4 Å². The summed E-state index contributed by atoms with van der Waals surface area (Å²) in [4.78, 5) is 14.0. The zero-order chi connectivity index (χ0) is 21.1. The van der Waals surface area contributed by atoms with Gasteiger partial charge >= 0.3 is 0 Å². The Labute approximate surface area is 174 Å². The summed E-state index contributed by atoms with van der Waals surface area (Å²) >= 11 is 0. The lowest BCUT2D eigenvalue weighted by atomic mass is 9.89. The van der Waals surface area contributed by atoms with Crippen LogP contribution in [-0.4, -0.2) is 23.9 Å². The van der Waals surface area contributed by atoms with Gasteiger partial charge in [-0.15, -0.1) is 0 Å². The summed E-state index contributed by atoms with van der Waals surface area (Å²) in [7, 11) is 0. The Balaban J connectivity index is 1.35. The Morgan fingerprint density at radius 3 is 2.10 bits per heavy atom. The lowest BCUT2D eigenvalue weighted by Gasteiger charge is -2.32. The highest BCUT2D eigenvalue weighted by Gasteiger charge is 2.27. The number of carbonyl (C=O) groups is 1. The molecular formula is C25H22F3NO. The minimum absolute atomic E-state index is 0.413. The molecule has 1 heterocycles. The molecule has 0 bridgehead atoms. The lowest BCUT2D eigenvalue weighted by molar-refractivity contribution is 0.0684. The predicted molar refractivity (Wildman–Crippen MR) is 111 cm³/mol. The van der Waals surface area contributed by atoms with Crippen molar-refractivity contribution in [1.82, 2.24) is 4.90 Å². The summed E-state index contributed by atoms with van der Waals surface area (Å²) in [5, 5.41) is 0. The molecule has 0 aliphatic carbocycles. The average Bonchev–Trinajstić information content (AvgIpc) is 2.79. The molecule has 0 aromatic heterocycles. The zero-order valence-electron chi connectivity index (χ0n) is 16.5. The summed E-state index contributed by atoms with van der Waals surface area (Å²) in [6.07, 6.45) is 2.49. The Hall–Kier alpha value is -3.08. The number of hydrogen-bond acceptors (Lipinski definition) is 1. The number of piperidine rings is 1. The van der Waals surface area contributed by atoms with Gasteiger partial charge in [0.1, 0.15) is 0 Å². The Bertz CT molecular complexity index is 1030. The van der Waals surface area contributed by atoms with Gasteiger partial charge in [-0.1, -0.05) is 54.6 Å². The molecule has 2 nitrogen and oxygen atoms in total. The second kappa shape index (κ2) is 8.74. The molecule has 0 atom stereocenters. The topological polar surface area (TPSA) is 20.3 Å². The van der Waals surface area contributed by atoms with E-state index in [2.05, 4.69) is 36.4 Å². The monoisotopic (exact) mass is 409 g/mol. The number of halogens is 3. The van der Waals surface area contributed by atoms with Gasteiger partial charge in [-0.25, -0.2) is 13.2 Å². The number of rotatable bonds is 4. The number of nitrogens with zero attached hydrogens (tertiary/aromatic N) is 1. The second-order valence-corrected chi connectivity index (χ2v) is 7.73. The summed E-state index contributed by atoms with van der Waals surface area (Å²) in [5.41, 5.74) is 3.18. The van der Waals surface area contributed by atoms with E-state index in [1.165, 1.54) is 21.6 Å². The minimum atomic E-state index is -1.60. The van der Waals surface area contributed by atoms with Crippen LogP contribution in [0.5, 0.6) is 0 Å². The van der Waals surface area contributed by atoms with Crippen LogP contribution in [0.2, 0.25) is 0 Å². The third kappa shape index (κ3) is 4.25. The number of amides is 1. The van der Waals surface area contributed by atoms with E-state index < -0.39 is 28.9 Å². The van der Waals surface area contributed by atoms with Gasteiger partial charge in [-0.3, -0.25) is 4.79 Å². The van der Waals surface area contributed by atoms with E-state index >= 15 is 0 Å². The largest absolute Gasteiger partial charge is 0.339 e. The normalized spacial score (nSPS) is 14.7. The molecule has 1 aliphatic heterocycles. The summed E-state index contributed by atoms with van der Waals surface area (Å²) in [6.45, 7) is 0.952. The second-order valence-electron chi connectivity index (χ2n) is 7.73. The molecule has 5 heteroatoms. The van der Waals surface area contributed by atoms with E-state index in [4.69, 9.17) is 0 Å². The Kier molecular flexibility index (Phi) is 5.88. The SMILES string of the molecule is O=C(c1ccc(F)c(F)c1F)N1CCC(Cc2ccc(-c3ccccc3)cc2)CC1. The van der Waals surface area contributed by atoms with Crippen LogP contribution in [0.1, 0.15) is 28.8 Å². The van der Waals surface area contributed by atoms with Crippen LogP contribution in [0.25, 0.3) is 11.1 Å². The molecule has 30 heavy (non-hydrogen) atoms. The van der Waals surface area contributed by atoms with Crippen molar-refractivity contribution >= 4 is 5.91 Å². The molecule has 1 aliphatic rings. The smallest absolute Gasteiger partial charge is 0.256 e. The molecule has 154 valence electrons. The van der Waals surface area contributed by atoms with Gasteiger partial charge in [0.2, 0.25) is 0 Å². The van der Waals surface area contributed by atoms with Crippen molar-refractivity contribution in [3.8, 4) is 11.1 Å². The van der Waals surface area contributed by atoms with Crippen LogP contribution < -0.4 is 0 Å². The predicted octanol–water partition coefficient (Wildman–Crippen LogP) is 5.87. The zero-order valence-corrected chi connectivity index (χ0v) is 16.5.